The normalized spacial score (nSPS) is 12.5. The van der Waals surface area contributed by atoms with Gasteiger partial charge in [-0.25, -0.2) is 0 Å². The molecule has 1 atom stereocenters. The molecule has 0 radical (unpaired) electrons. The van der Waals surface area contributed by atoms with Crippen LogP contribution in [0.25, 0.3) is 10.9 Å². The van der Waals surface area contributed by atoms with Gasteiger partial charge in [-0.15, -0.1) is 0 Å². The highest BCUT2D eigenvalue weighted by Gasteiger charge is 2.13. The fourth-order valence-corrected chi connectivity index (χ4v) is 2.44. The number of para-hydroxylation sites is 1. The number of halogens is 1. The van der Waals surface area contributed by atoms with E-state index in [4.69, 9.17) is 0 Å². The first kappa shape index (κ1) is 12.3. The first-order valence-corrected chi connectivity index (χ1v) is 6.82. The summed E-state index contributed by atoms with van der Waals surface area (Å²) < 4.78 is 1.000. The quantitative estimate of drug-likeness (QED) is 0.773. The fourth-order valence-electron chi connectivity index (χ4n) is 2.17. The minimum Gasteiger partial charge on any atom is -0.384 e. The maximum absolute atomic E-state index is 10.5. The van der Waals surface area contributed by atoms with Gasteiger partial charge in [0.15, 0.2) is 0 Å². The predicted molar refractivity (Wildman–Crippen MR) is 79.9 cm³/mol. The molecule has 3 heteroatoms. The molecule has 0 amide bonds. The molecule has 0 aliphatic heterocycles. The number of hydrogen-bond donors (Lipinski definition) is 1. The topological polar surface area (TPSA) is 33.1 Å². The Morgan fingerprint density at radius 3 is 2.47 bits per heavy atom. The lowest BCUT2D eigenvalue weighted by Gasteiger charge is -2.13. The second-order valence-electron chi connectivity index (χ2n) is 4.38. The zero-order chi connectivity index (χ0) is 13.2. The van der Waals surface area contributed by atoms with E-state index in [1.807, 2.05) is 54.6 Å². The number of benzene rings is 2. The van der Waals surface area contributed by atoms with Crippen LogP contribution < -0.4 is 0 Å². The van der Waals surface area contributed by atoms with Crippen LogP contribution >= 0.6 is 15.9 Å². The number of aliphatic hydroxyl groups is 1. The number of aliphatic hydroxyl groups excluding tert-OH is 1. The minimum atomic E-state index is -0.660. The Morgan fingerprint density at radius 1 is 0.947 bits per heavy atom. The lowest BCUT2D eigenvalue weighted by Crippen LogP contribution is -2.01. The molecular weight excluding hydrogens is 302 g/mol. The van der Waals surface area contributed by atoms with E-state index in [9.17, 15) is 5.11 Å². The molecule has 0 spiro atoms. The van der Waals surface area contributed by atoms with Crippen molar-refractivity contribution >= 4 is 26.8 Å². The van der Waals surface area contributed by atoms with Crippen molar-refractivity contribution in [3.63, 3.8) is 0 Å². The van der Waals surface area contributed by atoms with Crippen LogP contribution in [0.3, 0.4) is 0 Å². The number of pyridine rings is 1. The second-order valence-corrected chi connectivity index (χ2v) is 5.29. The first-order valence-electron chi connectivity index (χ1n) is 6.03. The highest BCUT2D eigenvalue weighted by atomic mass is 79.9. The van der Waals surface area contributed by atoms with Crippen molar-refractivity contribution in [1.82, 2.24) is 4.98 Å². The molecule has 3 rings (SSSR count). The van der Waals surface area contributed by atoms with E-state index in [1.54, 1.807) is 6.20 Å². The maximum Gasteiger partial charge on any atom is 0.106 e. The summed E-state index contributed by atoms with van der Waals surface area (Å²) >= 11 is 3.40. The summed E-state index contributed by atoms with van der Waals surface area (Å²) in [6, 6.07) is 17.4. The third-order valence-corrected chi connectivity index (χ3v) is 3.67. The van der Waals surface area contributed by atoms with Crippen LogP contribution in [0.1, 0.15) is 17.2 Å². The van der Waals surface area contributed by atoms with E-state index in [2.05, 4.69) is 20.9 Å². The molecule has 2 aromatic carbocycles. The van der Waals surface area contributed by atoms with Crippen LogP contribution in [0.5, 0.6) is 0 Å². The zero-order valence-corrected chi connectivity index (χ0v) is 11.7. The monoisotopic (exact) mass is 313 g/mol. The van der Waals surface area contributed by atoms with Gasteiger partial charge < -0.3 is 5.11 Å². The molecule has 0 saturated heterocycles. The summed E-state index contributed by atoms with van der Waals surface area (Å²) in [7, 11) is 0. The highest BCUT2D eigenvalue weighted by molar-refractivity contribution is 9.10. The van der Waals surface area contributed by atoms with Gasteiger partial charge in [-0.1, -0.05) is 52.3 Å². The number of fused-ring (bicyclic) bond motifs is 1. The Kier molecular flexibility index (Phi) is 3.32. The standard InChI is InChI=1S/C16H12BrNO/c17-13-8-6-12(7-9-13)16(19)14-5-1-3-11-4-2-10-18-15(11)14/h1-10,16,19H. The Labute approximate surface area is 119 Å². The summed E-state index contributed by atoms with van der Waals surface area (Å²) in [5.41, 5.74) is 2.54. The number of hydrogen-bond acceptors (Lipinski definition) is 2. The van der Waals surface area contributed by atoms with Gasteiger partial charge in [0.25, 0.3) is 0 Å². The van der Waals surface area contributed by atoms with Gasteiger partial charge in [0.1, 0.15) is 6.10 Å². The summed E-state index contributed by atoms with van der Waals surface area (Å²) in [4.78, 5) is 4.38. The van der Waals surface area contributed by atoms with E-state index < -0.39 is 6.10 Å². The first-order chi connectivity index (χ1) is 9.25. The van der Waals surface area contributed by atoms with E-state index in [1.165, 1.54) is 0 Å². The van der Waals surface area contributed by atoms with Crippen LogP contribution in [0.15, 0.2) is 65.3 Å². The lowest BCUT2D eigenvalue weighted by molar-refractivity contribution is 0.221. The molecule has 0 saturated carbocycles. The van der Waals surface area contributed by atoms with Gasteiger partial charge in [0, 0.05) is 21.6 Å². The highest BCUT2D eigenvalue weighted by Crippen LogP contribution is 2.28. The molecule has 19 heavy (non-hydrogen) atoms. The molecule has 0 aliphatic rings. The molecule has 1 N–H and O–H groups in total. The van der Waals surface area contributed by atoms with Gasteiger partial charge in [-0.2, -0.15) is 0 Å². The average molecular weight is 314 g/mol. The number of aromatic nitrogens is 1. The van der Waals surface area contributed by atoms with Crippen LogP contribution in [-0.4, -0.2) is 10.1 Å². The Balaban J connectivity index is 2.11. The summed E-state index contributed by atoms with van der Waals surface area (Å²) in [5, 5.41) is 11.6. The predicted octanol–water partition coefficient (Wildman–Crippen LogP) is 4.08. The van der Waals surface area contributed by atoms with E-state index in [0.29, 0.717) is 0 Å². The number of rotatable bonds is 2. The Bertz CT molecular complexity index is 704. The molecular formula is C16H12BrNO. The molecule has 0 fully saturated rings. The van der Waals surface area contributed by atoms with E-state index >= 15 is 0 Å². The third kappa shape index (κ3) is 2.39. The van der Waals surface area contributed by atoms with Gasteiger partial charge in [-0.3, -0.25) is 4.98 Å². The van der Waals surface area contributed by atoms with Crippen LogP contribution in [-0.2, 0) is 0 Å². The minimum absolute atomic E-state index is 0.660. The molecule has 94 valence electrons. The SMILES string of the molecule is OC(c1ccc(Br)cc1)c1cccc2cccnc12. The van der Waals surface area contributed by atoms with Crippen molar-refractivity contribution in [2.75, 3.05) is 0 Å². The smallest absolute Gasteiger partial charge is 0.106 e. The third-order valence-electron chi connectivity index (χ3n) is 3.14. The zero-order valence-electron chi connectivity index (χ0n) is 10.1. The average Bonchev–Trinajstić information content (AvgIpc) is 2.47. The van der Waals surface area contributed by atoms with Crippen molar-refractivity contribution in [3.05, 3.63) is 76.4 Å². The largest absolute Gasteiger partial charge is 0.384 e. The number of nitrogens with zero attached hydrogens (tertiary/aromatic N) is 1. The van der Waals surface area contributed by atoms with Crippen LogP contribution in [0.2, 0.25) is 0 Å². The maximum atomic E-state index is 10.5. The van der Waals surface area contributed by atoms with Gasteiger partial charge in [0.05, 0.1) is 5.52 Å². The molecule has 0 aliphatic carbocycles. The van der Waals surface area contributed by atoms with E-state index in [0.717, 1.165) is 26.5 Å². The van der Waals surface area contributed by atoms with Crippen molar-refractivity contribution < 1.29 is 5.11 Å². The summed E-state index contributed by atoms with van der Waals surface area (Å²) in [6.07, 6.45) is 1.09. The molecule has 1 unspecified atom stereocenters. The molecule has 2 nitrogen and oxygen atoms in total. The fraction of sp³-hybridized carbons (Fsp3) is 0.0625. The lowest BCUT2D eigenvalue weighted by atomic mass is 9.99. The second kappa shape index (κ2) is 5.11. The van der Waals surface area contributed by atoms with Crippen molar-refractivity contribution in [1.29, 1.82) is 0 Å². The van der Waals surface area contributed by atoms with Crippen molar-refractivity contribution in [3.8, 4) is 0 Å². The summed E-state index contributed by atoms with van der Waals surface area (Å²) in [6.45, 7) is 0. The molecule has 1 heterocycles. The van der Waals surface area contributed by atoms with Crippen molar-refractivity contribution in [2.24, 2.45) is 0 Å². The van der Waals surface area contributed by atoms with Gasteiger partial charge >= 0.3 is 0 Å². The Hall–Kier alpha value is -1.71. The molecule has 0 bridgehead atoms. The van der Waals surface area contributed by atoms with E-state index in [-0.39, 0.29) is 0 Å². The van der Waals surface area contributed by atoms with Gasteiger partial charge in [-0.05, 0) is 23.8 Å². The Morgan fingerprint density at radius 2 is 1.68 bits per heavy atom. The van der Waals surface area contributed by atoms with Crippen LogP contribution in [0, 0.1) is 0 Å². The van der Waals surface area contributed by atoms with Crippen molar-refractivity contribution in [2.45, 2.75) is 6.10 Å². The molecule has 3 aromatic rings. The van der Waals surface area contributed by atoms with Gasteiger partial charge in [0.2, 0.25) is 0 Å². The molecule has 1 aromatic heterocycles. The summed E-state index contributed by atoms with van der Waals surface area (Å²) in [5.74, 6) is 0. The van der Waals surface area contributed by atoms with Crippen LogP contribution in [0.4, 0.5) is 0 Å².